The summed E-state index contributed by atoms with van der Waals surface area (Å²) in [4.78, 5) is 56.6. The first-order chi connectivity index (χ1) is 18.4. The van der Waals surface area contributed by atoms with Gasteiger partial charge in [0.1, 0.15) is 22.8 Å². The summed E-state index contributed by atoms with van der Waals surface area (Å²) in [6.07, 6.45) is 4.16. The van der Waals surface area contributed by atoms with Crippen molar-refractivity contribution in [3.8, 4) is 0 Å². The third-order valence-corrected chi connectivity index (χ3v) is 7.87. The molecule has 1 fully saturated rings. The number of nitrogens with one attached hydrogen (secondary N) is 5. The molecule has 1 aromatic heterocycles. The van der Waals surface area contributed by atoms with E-state index in [0.29, 0.717) is 49.4 Å². The zero-order chi connectivity index (χ0) is 26.9. The Morgan fingerprint density at radius 1 is 1.00 bits per heavy atom. The number of thiazole rings is 1. The van der Waals surface area contributed by atoms with E-state index in [1.165, 1.54) is 11.3 Å². The fourth-order valence-corrected chi connectivity index (χ4v) is 5.56. The van der Waals surface area contributed by atoms with E-state index < -0.39 is 18.1 Å². The number of carbonyl (C=O) groups is 4. The van der Waals surface area contributed by atoms with Crippen molar-refractivity contribution in [3.05, 3.63) is 52.0 Å². The van der Waals surface area contributed by atoms with E-state index >= 15 is 0 Å². The number of amides is 4. The Morgan fingerprint density at radius 3 is 2.49 bits per heavy atom. The Bertz CT molecular complexity index is 1120. The third kappa shape index (κ3) is 8.48. The molecular formula is C27H37ClN6O4S. The first kappa shape index (κ1) is 30.5. The van der Waals surface area contributed by atoms with Gasteiger partial charge in [-0.15, -0.1) is 23.7 Å². The minimum absolute atomic E-state index is 0. The van der Waals surface area contributed by atoms with E-state index in [1.807, 2.05) is 37.3 Å². The summed E-state index contributed by atoms with van der Waals surface area (Å²) in [6, 6.07) is 7.39. The number of nitrogens with zero attached hydrogens (tertiary/aromatic N) is 1. The quantitative estimate of drug-likeness (QED) is 0.369. The molecule has 2 bridgehead atoms. The zero-order valence-corrected chi connectivity index (χ0v) is 23.7. The molecule has 1 aromatic carbocycles. The minimum atomic E-state index is -0.777. The van der Waals surface area contributed by atoms with Gasteiger partial charge in [0.05, 0.1) is 12.1 Å². The molecule has 10 nitrogen and oxygen atoms in total. The second-order valence-electron chi connectivity index (χ2n) is 9.75. The van der Waals surface area contributed by atoms with Crippen LogP contribution in [0, 0.1) is 0 Å². The fraction of sp³-hybridized carbons (Fsp3) is 0.519. The van der Waals surface area contributed by atoms with Gasteiger partial charge in [0.2, 0.25) is 17.7 Å². The Labute approximate surface area is 238 Å². The Balaban J connectivity index is 0.00000420. The van der Waals surface area contributed by atoms with Gasteiger partial charge in [0.15, 0.2) is 0 Å². The van der Waals surface area contributed by atoms with Gasteiger partial charge in [-0.1, -0.05) is 37.3 Å². The Morgan fingerprint density at radius 2 is 1.77 bits per heavy atom. The van der Waals surface area contributed by atoms with E-state index in [-0.39, 0.29) is 42.1 Å². The normalized spacial score (nSPS) is 24.6. The summed E-state index contributed by atoms with van der Waals surface area (Å²) >= 11 is 1.32. The Hall–Kier alpha value is -3.02. The smallest absolute Gasteiger partial charge is 0.270 e. The molecule has 4 atom stereocenters. The van der Waals surface area contributed by atoms with Crippen LogP contribution in [0.5, 0.6) is 0 Å². The van der Waals surface area contributed by atoms with Crippen LogP contribution in [0.25, 0.3) is 0 Å². The number of fused-ring (bicyclic) bond motifs is 2. The van der Waals surface area contributed by atoms with Crippen LogP contribution >= 0.6 is 23.7 Å². The predicted molar refractivity (Wildman–Crippen MR) is 152 cm³/mol. The number of halogens is 1. The van der Waals surface area contributed by atoms with Crippen molar-refractivity contribution in [2.45, 2.75) is 76.0 Å². The van der Waals surface area contributed by atoms with Gasteiger partial charge in [-0.2, -0.15) is 0 Å². The molecule has 2 aliphatic rings. The van der Waals surface area contributed by atoms with Crippen LogP contribution in [0.3, 0.4) is 0 Å². The predicted octanol–water partition coefficient (Wildman–Crippen LogP) is 2.01. The average molecular weight is 577 g/mol. The lowest BCUT2D eigenvalue weighted by atomic mass is 10.0. The van der Waals surface area contributed by atoms with Crippen molar-refractivity contribution in [2.24, 2.45) is 0 Å². The van der Waals surface area contributed by atoms with Crippen molar-refractivity contribution < 1.29 is 19.2 Å². The summed E-state index contributed by atoms with van der Waals surface area (Å²) < 4.78 is 0. The average Bonchev–Trinajstić information content (AvgIpc) is 3.63. The summed E-state index contributed by atoms with van der Waals surface area (Å²) in [6.45, 7) is 3.04. The molecule has 4 rings (SSSR count). The molecule has 2 aliphatic heterocycles. The SMILES string of the molecule is CC[C@H]1NC(=O)[C@@H](NC(=O)[C@@H]2CCCN2)CCCCNC(=O)c2csc(n2)[C@H](Cc2ccccc2)NC1=O.Cl. The maximum Gasteiger partial charge on any atom is 0.270 e. The Kier molecular flexibility index (Phi) is 11.7. The lowest BCUT2D eigenvalue weighted by Crippen LogP contribution is -2.55. The number of hydrogen-bond acceptors (Lipinski definition) is 7. The molecular weight excluding hydrogens is 540 g/mol. The van der Waals surface area contributed by atoms with E-state index in [9.17, 15) is 19.2 Å². The number of benzene rings is 1. The largest absolute Gasteiger partial charge is 0.351 e. The summed E-state index contributed by atoms with van der Waals surface area (Å²) in [5, 5.41) is 17.1. The van der Waals surface area contributed by atoms with E-state index in [4.69, 9.17) is 0 Å². The lowest BCUT2D eigenvalue weighted by molar-refractivity contribution is -0.133. The molecule has 1 saturated heterocycles. The highest BCUT2D eigenvalue weighted by atomic mass is 35.5. The van der Waals surface area contributed by atoms with Crippen LogP contribution < -0.4 is 26.6 Å². The lowest BCUT2D eigenvalue weighted by Gasteiger charge is -2.25. The maximum atomic E-state index is 13.4. The van der Waals surface area contributed by atoms with Crippen molar-refractivity contribution in [3.63, 3.8) is 0 Å². The van der Waals surface area contributed by atoms with Gasteiger partial charge in [0.25, 0.3) is 5.91 Å². The second-order valence-corrected chi connectivity index (χ2v) is 10.6. The highest BCUT2D eigenvalue weighted by Crippen LogP contribution is 2.23. The summed E-state index contributed by atoms with van der Waals surface area (Å²) in [5.41, 5.74) is 1.33. The minimum Gasteiger partial charge on any atom is -0.351 e. The van der Waals surface area contributed by atoms with Gasteiger partial charge < -0.3 is 26.6 Å². The first-order valence-corrected chi connectivity index (χ1v) is 14.2. The monoisotopic (exact) mass is 576 g/mol. The molecule has 12 heteroatoms. The molecule has 39 heavy (non-hydrogen) atoms. The summed E-state index contributed by atoms with van der Waals surface area (Å²) in [5.74, 6) is -1.20. The maximum absolute atomic E-state index is 13.4. The van der Waals surface area contributed by atoms with E-state index in [2.05, 4.69) is 31.6 Å². The second kappa shape index (κ2) is 14.9. The van der Waals surface area contributed by atoms with Crippen LogP contribution in [0.2, 0.25) is 0 Å². The van der Waals surface area contributed by atoms with Gasteiger partial charge in [-0.25, -0.2) is 4.98 Å². The van der Waals surface area contributed by atoms with Gasteiger partial charge in [0, 0.05) is 11.9 Å². The molecule has 0 radical (unpaired) electrons. The van der Waals surface area contributed by atoms with Crippen molar-refractivity contribution >= 4 is 47.4 Å². The molecule has 5 N–H and O–H groups in total. The first-order valence-electron chi connectivity index (χ1n) is 13.4. The topological polar surface area (TPSA) is 141 Å². The van der Waals surface area contributed by atoms with E-state index in [1.54, 1.807) is 5.38 Å². The number of carbonyl (C=O) groups excluding carboxylic acids is 4. The standard InChI is InChI=1S/C27H36N6O4S.ClH/c1-2-18-24(35)32-21(15-17-9-4-3-5-10-17)27-33-22(16-38-27)23(34)29-13-7-6-11-20(26(37)30-18)31-25(36)19-12-8-14-28-19;/h3-5,9-10,16,18-21,28H,2,6-8,11-15H2,1H3,(H,29,34)(H,30,37)(H,31,36)(H,32,35);1H/t18-,19+,20+,21+;/m1./s1. The molecule has 212 valence electrons. The highest BCUT2D eigenvalue weighted by Gasteiger charge is 2.31. The molecule has 0 spiro atoms. The molecule has 0 unspecified atom stereocenters. The zero-order valence-electron chi connectivity index (χ0n) is 22.0. The van der Waals surface area contributed by atoms with Crippen molar-refractivity contribution in [1.82, 2.24) is 31.6 Å². The van der Waals surface area contributed by atoms with Gasteiger partial charge in [-0.05, 0) is 57.1 Å². The molecule has 4 amide bonds. The number of rotatable bonds is 5. The van der Waals surface area contributed by atoms with E-state index in [0.717, 1.165) is 24.9 Å². The molecule has 2 aromatic rings. The van der Waals surface area contributed by atoms with Gasteiger partial charge in [-0.3, -0.25) is 19.2 Å². The van der Waals surface area contributed by atoms with Crippen LogP contribution in [0.15, 0.2) is 35.7 Å². The van der Waals surface area contributed by atoms with Crippen LogP contribution in [0.1, 0.15) is 72.6 Å². The molecule has 0 saturated carbocycles. The van der Waals surface area contributed by atoms with Crippen LogP contribution in [-0.4, -0.2) is 59.8 Å². The third-order valence-electron chi connectivity index (χ3n) is 6.91. The number of aromatic nitrogens is 1. The highest BCUT2D eigenvalue weighted by molar-refractivity contribution is 7.09. The fourth-order valence-electron chi connectivity index (χ4n) is 4.71. The van der Waals surface area contributed by atoms with Crippen LogP contribution in [-0.2, 0) is 20.8 Å². The van der Waals surface area contributed by atoms with Crippen LogP contribution in [0.4, 0.5) is 0 Å². The van der Waals surface area contributed by atoms with Crippen molar-refractivity contribution in [2.75, 3.05) is 13.1 Å². The molecule has 0 aliphatic carbocycles. The number of hydrogen-bond donors (Lipinski definition) is 5. The van der Waals surface area contributed by atoms with Crippen molar-refractivity contribution in [1.29, 1.82) is 0 Å². The summed E-state index contributed by atoms with van der Waals surface area (Å²) in [7, 11) is 0. The molecule has 3 heterocycles. The van der Waals surface area contributed by atoms with Gasteiger partial charge >= 0.3 is 0 Å².